The second kappa shape index (κ2) is 7.04. The molecule has 6 nitrogen and oxygen atoms in total. The fourth-order valence-corrected chi connectivity index (χ4v) is 3.38. The Labute approximate surface area is 132 Å². The van der Waals surface area contributed by atoms with Gasteiger partial charge in [0.25, 0.3) is 10.0 Å². The Morgan fingerprint density at radius 2 is 2.19 bits per heavy atom. The number of halogens is 1. The van der Waals surface area contributed by atoms with Gasteiger partial charge in [0.15, 0.2) is 0 Å². The maximum absolute atomic E-state index is 12.2. The smallest absolute Gasteiger partial charge is 0.262 e. The lowest BCUT2D eigenvalue weighted by Crippen LogP contribution is -2.29. The van der Waals surface area contributed by atoms with E-state index in [0.717, 1.165) is 6.42 Å². The summed E-state index contributed by atoms with van der Waals surface area (Å²) in [4.78, 5) is 15.7. The van der Waals surface area contributed by atoms with Gasteiger partial charge in [0, 0.05) is 30.4 Å². The lowest BCUT2D eigenvalue weighted by Gasteiger charge is -2.09. The molecule has 0 aromatic heterocycles. The molecule has 0 bridgehead atoms. The van der Waals surface area contributed by atoms with E-state index in [1.54, 1.807) is 12.1 Å². The molecule has 2 N–H and O–H groups in total. The molecule has 0 spiro atoms. The van der Waals surface area contributed by atoms with Crippen LogP contribution in [0.25, 0.3) is 0 Å². The Morgan fingerprint density at radius 1 is 1.38 bits per heavy atom. The number of nitrogens with one attached hydrogen (secondary N) is 2. The summed E-state index contributed by atoms with van der Waals surface area (Å²) in [6.07, 6.45) is 1.83. The number of hydrogen-bond donors (Lipinski definition) is 2. The molecule has 1 aromatic rings. The molecule has 0 unspecified atom stereocenters. The molecule has 0 fully saturated rings. The van der Waals surface area contributed by atoms with Crippen LogP contribution in [0.2, 0.25) is 0 Å². The Morgan fingerprint density at radius 3 is 2.86 bits per heavy atom. The van der Waals surface area contributed by atoms with Gasteiger partial charge in [0.1, 0.15) is 5.84 Å². The van der Waals surface area contributed by atoms with E-state index < -0.39 is 10.0 Å². The van der Waals surface area contributed by atoms with Crippen LogP contribution in [0, 0.1) is 0 Å². The molecule has 0 aliphatic carbocycles. The highest BCUT2D eigenvalue weighted by atomic mass is 79.9. The molecule has 1 amide bonds. The molecule has 21 heavy (non-hydrogen) atoms. The van der Waals surface area contributed by atoms with Gasteiger partial charge in [-0.2, -0.15) is 0 Å². The minimum absolute atomic E-state index is 0.105. The molecule has 2 rings (SSSR count). The number of sulfonamides is 1. The standard InChI is InChI=1S/C13H16BrN3O3S/c14-7-6-13(18)16-10-3-1-4-11(9-10)21(19,20)17-12-5-2-8-15-12/h1,3-4,9H,2,5-8H2,(H,15,17)(H,16,18). The van der Waals surface area contributed by atoms with Crippen LogP contribution in [0.5, 0.6) is 0 Å². The predicted octanol–water partition coefficient (Wildman–Crippen LogP) is 1.88. The van der Waals surface area contributed by atoms with Gasteiger partial charge < -0.3 is 5.32 Å². The third-order valence-electron chi connectivity index (χ3n) is 2.88. The predicted molar refractivity (Wildman–Crippen MR) is 85.3 cm³/mol. The van der Waals surface area contributed by atoms with E-state index in [1.165, 1.54) is 12.1 Å². The van der Waals surface area contributed by atoms with Gasteiger partial charge in [-0.1, -0.05) is 22.0 Å². The van der Waals surface area contributed by atoms with E-state index in [4.69, 9.17) is 0 Å². The fourth-order valence-electron chi connectivity index (χ4n) is 1.89. The first-order valence-corrected chi connectivity index (χ1v) is 9.14. The van der Waals surface area contributed by atoms with Crippen LogP contribution in [-0.4, -0.2) is 32.0 Å². The lowest BCUT2D eigenvalue weighted by molar-refractivity contribution is -0.115. The first kappa shape index (κ1) is 16.0. The van der Waals surface area contributed by atoms with Crippen molar-refractivity contribution in [2.75, 3.05) is 17.2 Å². The molecule has 0 saturated carbocycles. The van der Waals surface area contributed by atoms with Crippen molar-refractivity contribution in [2.45, 2.75) is 24.2 Å². The monoisotopic (exact) mass is 373 g/mol. The van der Waals surface area contributed by atoms with Gasteiger partial charge in [-0.3, -0.25) is 14.5 Å². The summed E-state index contributed by atoms with van der Waals surface area (Å²) in [6.45, 7) is 0.653. The second-order valence-corrected chi connectivity index (χ2v) is 7.03. The zero-order valence-electron chi connectivity index (χ0n) is 11.3. The number of alkyl halides is 1. The first-order valence-electron chi connectivity index (χ1n) is 6.53. The Bertz CT molecular complexity index is 658. The van der Waals surface area contributed by atoms with Gasteiger partial charge in [0.05, 0.1) is 4.90 Å². The largest absolute Gasteiger partial charge is 0.326 e. The number of hydrogen-bond acceptors (Lipinski definition) is 4. The van der Waals surface area contributed by atoms with Gasteiger partial charge in [-0.25, -0.2) is 8.42 Å². The zero-order valence-corrected chi connectivity index (χ0v) is 13.7. The lowest BCUT2D eigenvalue weighted by atomic mass is 10.3. The fraction of sp³-hybridized carbons (Fsp3) is 0.385. The molecular formula is C13H16BrN3O3S. The SMILES string of the molecule is O=C(CCBr)Nc1cccc(S(=O)(=O)NC2=NCCC2)c1. The number of amidine groups is 1. The van der Waals surface area contributed by atoms with Crippen molar-refractivity contribution >= 4 is 43.4 Å². The molecule has 1 heterocycles. The van der Waals surface area contributed by atoms with Gasteiger partial charge in [0.2, 0.25) is 5.91 Å². The van der Waals surface area contributed by atoms with Crippen molar-refractivity contribution in [3.05, 3.63) is 24.3 Å². The normalized spacial score (nSPS) is 14.6. The highest BCUT2D eigenvalue weighted by Crippen LogP contribution is 2.16. The number of amides is 1. The van der Waals surface area contributed by atoms with Crippen molar-refractivity contribution < 1.29 is 13.2 Å². The number of carbonyl (C=O) groups excluding carboxylic acids is 1. The minimum Gasteiger partial charge on any atom is -0.326 e. The molecule has 1 aliphatic rings. The van der Waals surface area contributed by atoms with Crippen molar-refractivity contribution in [2.24, 2.45) is 4.99 Å². The molecule has 1 aromatic carbocycles. The van der Waals surface area contributed by atoms with Crippen molar-refractivity contribution in [3.8, 4) is 0 Å². The van der Waals surface area contributed by atoms with E-state index >= 15 is 0 Å². The third-order valence-corrected chi connectivity index (χ3v) is 4.65. The number of rotatable bonds is 5. The van der Waals surface area contributed by atoms with Crippen LogP contribution in [0.3, 0.4) is 0 Å². The zero-order chi connectivity index (χ0) is 15.3. The molecule has 0 saturated heterocycles. The molecule has 0 radical (unpaired) electrons. The number of carbonyl (C=O) groups is 1. The van der Waals surface area contributed by atoms with E-state index in [2.05, 4.69) is 31.0 Å². The summed E-state index contributed by atoms with van der Waals surface area (Å²) < 4.78 is 27.0. The first-order chi connectivity index (χ1) is 10.0. The maximum atomic E-state index is 12.2. The van der Waals surface area contributed by atoms with Crippen LogP contribution in [0.1, 0.15) is 19.3 Å². The molecule has 8 heteroatoms. The number of benzene rings is 1. The number of nitrogens with zero attached hydrogens (tertiary/aromatic N) is 1. The van der Waals surface area contributed by atoms with E-state index in [9.17, 15) is 13.2 Å². The van der Waals surface area contributed by atoms with Crippen LogP contribution in [0.15, 0.2) is 34.2 Å². The third kappa shape index (κ3) is 4.53. The number of anilines is 1. The highest BCUT2D eigenvalue weighted by Gasteiger charge is 2.18. The molecule has 1 aliphatic heterocycles. The van der Waals surface area contributed by atoms with E-state index in [-0.39, 0.29) is 10.8 Å². The maximum Gasteiger partial charge on any atom is 0.262 e. The van der Waals surface area contributed by atoms with E-state index in [0.29, 0.717) is 36.2 Å². The summed E-state index contributed by atoms with van der Waals surface area (Å²) in [5.41, 5.74) is 0.456. The Balaban J connectivity index is 2.14. The van der Waals surface area contributed by atoms with Crippen molar-refractivity contribution in [3.63, 3.8) is 0 Å². The van der Waals surface area contributed by atoms with Gasteiger partial charge in [-0.05, 0) is 24.6 Å². The van der Waals surface area contributed by atoms with Gasteiger partial charge in [-0.15, -0.1) is 0 Å². The van der Waals surface area contributed by atoms with Gasteiger partial charge >= 0.3 is 0 Å². The topological polar surface area (TPSA) is 87.6 Å². The molecular weight excluding hydrogens is 358 g/mol. The average Bonchev–Trinajstić information content (AvgIpc) is 2.91. The highest BCUT2D eigenvalue weighted by molar-refractivity contribution is 9.09. The summed E-state index contributed by atoms with van der Waals surface area (Å²) in [5.74, 6) is 0.318. The summed E-state index contributed by atoms with van der Waals surface area (Å²) in [5, 5.41) is 3.21. The minimum atomic E-state index is -3.66. The van der Waals surface area contributed by atoms with Crippen LogP contribution in [0.4, 0.5) is 5.69 Å². The summed E-state index contributed by atoms with van der Waals surface area (Å²) >= 11 is 3.18. The average molecular weight is 374 g/mol. The molecule has 0 atom stereocenters. The van der Waals surface area contributed by atoms with Crippen LogP contribution < -0.4 is 10.0 Å². The quantitative estimate of drug-likeness (QED) is 0.772. The van der Waals surface area contributed by atoms with Crippen LogP contribution in [-0.2, 0) is 14.8 Å². The Kier molecular flexibility index (Phi) is 5.35. The van der Waals surface area contributed by atoms with Crippen molar-refractivity contribution in [1.82, 2.24) is 4.72 Å². The Hall–Kier alpha value is -1.41. The van der Waals surface area contributed by atoms with E-state index in [1.807, 2.05) is 0 Å². The molecule has 114 valence electrons. The second-order valence-electron chi connectivity index (χ2n) is 4.55. The summed E-state index contributed by atoms with van der Waals surface area (Å²) in [6, 6.07) is 6.16. The summed E-state index contributed by atoms with van der Waals surface area (Å²) in [7, 11) is -3.66. The van der Waals surface area contributed by atoms with Crippen molar-refractivity contribution in [1.29, 1.82) is 0 Å². The number of aliphatic imine (C=N–C) groups is 1. The van der Waals surface area contributed by atoms with Crippen LogP contribution >= 0.6 is 15.9 Å².